The lowest BCUT2D eigenvalue weighted by atomic mass is 10.2. The maximum absolute atomic E-state index is 12.6. The predicted octanol–water partition coefficient (Wildman–Crippen LogP) is 2.95. The first-order chi connectivity index (χ1) is 11.5. The molecule has 0 saturated carbocycles. The van der Waals surface area contributed by atoms with Crippen LogP contribution in [0.25, 0.3) is 0 Å². The number of halogens is 2. The number of phenols is 1. The molecule has 6 nitrogen and oxygen atoms in total. The monoisotopic (exact) mass is 401 g/mol. The van der Waals surface area contributed by atoms with Crippen molar-refractivity contribution < 1.29 is 14.7 Å². The number of anilines is 1. The van der Waals surface area contributed by atoms with Crippen molar-refractivity contribution >= 4 is 52.2 Å². The molecule has 0 aliphatic carbocycles. The van der Waals surface area contributed by atoms with Crippen molar-refractivity contribution in [1.29, 1.82) is 0 Å². The van der Waals surface area contributed by atoms with Gasteiger partial charge in [-0.05, 0) is 36.1 Å². The quantitative estimate of drug-likeness (QED) is 0.736. The van der Waals surface area contributed by atoms with E-state index in [2.05, 4.69) is 5.32 Å². The molecule has 1 atom stereocenters. The van der Waals surface area contributed by atoms with Crippen LogP contribution in [0, 0.1) is 0 Å². The molecular weight excluding hydrogens is 385 g/mol. The van der Waals surface area contributed by atoms with Gasteiger partial charge >= 0.3 is 0 Å². The number of carbonyl (C=O) groups excluding carboxylic acids is 2. The van der Waals surface area contributed by atoms with Gasteiger partial charge in [-0.1, -0.05) is 11.6 Å². The van der Waals surface area contributed by atoms with E-state index in [4.69, 9.17) is 17.3 Å². The lowest BCUT2D eigenvalue weighted by Gasteiger charge is -2.16. The minimum absolute atomic E-state index is 0. The first-order valence-corrected chi connectivity index (χ1v) is 8.63. The zero-order valence-corrected chi connectivity index (χ0v) is 15.5. The summed E-state index contributed by atoms with van der Waals surface area (Å²) in [5.41, 5.74) is 6.36. The highest BCUT2D eigenvalue weighted by Gasteiger charge is 2.27. The Bertz CT molecular complexity index is 797. The van der Waals surface area contributed by atoms with Crippen LogP contribution in [-0.2, 0) is 0 Å². The zero-order chi connectivity index (χ0) is 17.3. The van der Waals surface area contributed by atoms with Crippen molar-refractivity contribution in [2.75, 3.05) is 18.4 Å². The van der Waals surface area contributed by atoms with Gasteiger partial charge in [0.2, 0.25) is 0 Å². The van der Waals surface area contributed by atoms with Crippen molar-refractivity contribution in [3.8, 4) is 5.75 Å². The number of benzene rings is 1. The normalized spacial score (nSPS) is 16.4. The molecule has 2 aromatic rings. The van der Waals surface area contributed by atoms with Crippen LogP contribution in [0.15, 0.2) is 29.6 Å². The van der Waals surface area contributed by atoms with Crippen LogP contribution < -0.4 is 11.1 Å². The van der Waals surface area contributed by atoms with Crippen LogP contribution in [0.1, 0.15) is 27.1 Å². The number of aromatic hydroxyl groups is 1. The van der Waals surface area contributed by atoms with Crippen LogP contribution >= 0.6 is 35.3 Å². The van der Waals surface area contributed by atoms with E-state index in [0.717, 1.165) is 6.42 Å². The molecule has 1 aliphatic rings. The first-order valence-electron chi connectivity index (χ1n) is 7.38. The molecule has 1 aromatic carbocycles. The second-order valence-electron chi connectivity index (χ2n) is 5.58. The zero-order valence-electron chi connectivity index (χ0n) is 13.1. The van der Waals surface area contributed by atoms with Gasteiger partial charge < -0.3 is 21.1 Å². The van der Waals surface area contributed by atoms with Crippen molar-refractivity contribution in [2.24, 2.45) is 5.73 Å². The molecule has 1 aromatic heterocycles. The minimum Gasteiger partial charge on any atom is -0.507 e. The standard InChI is InChI=1S/C16H16ClN3O3S.ClH/c17-9-1-2-11(13(21)7-9)14(22)19-15-12(4-6-24-15)16(23)20-5-3-10(18)8-20;/h1-2,4,6-7,10,21H,3,5,8,18H2,(H,19,22);1H/t10-;/m1./s1. The SMILES string of the molecule is Cl.N[C@@H]1CCN(C(=O)c2ccsc2NC(=O)c2ccc(Cl)cc2O)C1. The van der Waals surface area contributed by atoms with E-state index in [9.17, 15) is 14.7 Å². The lowest BCUT2D eigenvalue weighted by Crippen LogP contribution is -2.32. The van der Waals surface area contributed by atoms with Gasteiger partial charge in [0, 0.05) is 24.2 Å². The number of amides is 2. The number of nitrogens with two attached hydrogens (primary N) is 1. The van der Waals surface area contributed by atoms with Gasteiger partial charge in [0.1, 0.15) is 10.8 Å². The average Bonchev–Trinajstić information content (AvgIpc) is 3.15. The highest BCUT2D eigenvalue weighted by Crippen LogP contribution is 2.28. The van der Waals surface area contributed by atoms with E-state index in [1.165, 1.54) is 29.5 Å². The fourth-order valence-corrected chi connectivity index (χ4v) is 3.52. The van der Waals surface area contributed by atoms with E-state index in [-0.39, 0.29) is 35.7 Å². The Balaban J connectivity index is 0.00000225. The van der Waals surface area contributed by atoms with E-state index in [0.29, 0.717) is 28.7 Å². The van der Waals surface area contributed by atoms with Gasteiger partial charge in [-0.2, -0.15) is 0 Å². The minimum atomic E-state index is -0.501. The molecule has 2 amide bonds. The summed E-state index contributed by atoms with van der Waals surface area (Å²) in [6.07, 6.45) is 0.774. The van der Waals surface area contributed by atoms with Gasteiger partial charge in [0.25, 0.3) is 11.8 Å². The van der Waals surface area contributed by atoms with Crippen LogP contribution in [0.3, 0.4) is 0 Å². The smallest absolute Gasteiger partial charge is 0.260 e. The molecule has 25 heavy (non-hydrogen) atoms. The number of phenolic OH excluding ortho intramolecular Hbond substituents is 1. The Morgan fingerprint density at radius 2 is 2.08 bits per heavy atom. The molecule has 0 spiro atoms. The summed E-state index contributed by atoms with van der Waals surface area (Å²) in [5.74, 6) is -0.867. The summed E-state index contributed by atoms with van der Waals surface area (Å²) >= 11 is 7.02. The Hall–Kier alpha value is -1.80. The molecule has 1 aliphatic heterocycles. The second kappa shape index (κ2) is 8.05. The van der Waals surface area contributed by atoms with Crippen LogP contribution in [0.2, 0.25) is 5.02 Å². The molecule has 3 rings (SSSR count). The van der Waals surface area contributed by atoms with Crippen molar-refractivity contribution in [2.45, 2.75) is 12.5 Å². The Morgan fingerprint density at radius 3 is 2.72 bits per heavy atom. The van der Waals surface area contributed by atoms with Gasteiger partial charge in [-0.3, -0.25) is 9.59 Å². The third-order valence-corrected chi connectivity index (χ3v) is 4.90. The molecule has 9 heteroatoms. The molecule has 2 heterocycles. The number of rotatable bonds is 3. The van der Waals surface area contributed by atoms with Crippen molar-refractivity contribution in [3.63, 3.8) is 0 Å². The number of thiophene rings is 1. The number of hydrogen-bond acceptors (Lipinski definition) is 5. The highest BCUT2D eigenvalue weighted by molar-refractivity contribution is 7.14. The second-order valence-corrected chi connectivity index (χ2v) is 6.93. The molecule has 1 saturated heterocycles. The number of carbonyl (C=O) groups is 2. The fraction of sp³-hybridized carbons (Fsp3) is 0.250. The molecule has 0 bridgehead atoms. The summed E-state index contributed by atoms with van der Waals surface area (Å²) in [6, 6.07) is 5.91. The molecule has 1 fully saturated rings. The Labute approximate surface area is 160 Å². The van der Waals surface area contributed by atoms with Gasteiger partial charge in [0.05, 0.1) is 11.1 Å². The highest BCUT2D eigenvalue weighted by atomic mass is 35.5. The molecule has 134 valence electrons. The van der Waals surface area contributed by atoms with Crippen molar-refractivity contribution in [3.05, 3.63) is 45.8 Å². The van der Waals surface area contributed by atoms with E-state index < -0.39 is 5.91 Å². The largest absolute Gasteiger partial charge is 0.507 e. The van der Waals surface area contributed by atoms with Gasteiger partial charge in [0.15, 0.2) is 0 Å². The van der Waals surface area contributed by atoms with Crippen LogP contribution in [0.4, 0.5) is 5.00 Å². The average molecular weight is 402 g/mol. The number of hydrogen-bond donors (Lipinski definition) is 3. The topological polar surface area (TPSA) is 95.7 Å². The molecular formula is C16H17Cl2N3O3S. The van der Waals surface area contributed by atoms with Crippen LogP contribution in [0.5, 0.6) is 5.75 Å². The summed E-state index contributed by atoms with van der Waals surface area (Å²) in [6.45, 7) is 1.13. The molecule has 4 N–H and O–H groups in total. The van der Waals surface area contributed by atoms with E-state index >= 15 is 0 Å². The lowest BCUT2D eigenvalue weighted by molar-refractivity contribution is 0.0792. The summed E-state index contributed by atoms with van der Waals surface area (Å²) in [7, 11) is 0. The Kier molecular flexibility index (Phi) is 6.29. The third-order valence-electron chi connectivity index (χ3n) is 3.84. The first kappa shape index (κ1) is 19.5. The van der Waals surface area contributed by atoms with Crippen LogP contribution in [-0.4, -0.2) is 41.0 Å². The van der Waals surface area contributed by atoms with E-state index in [1.807, 2.05) is 0 Å². The maximum Gasteiger partial charge on any atom is 0.260 e. The third kappa shape index (κ3) is 4.24. The summed E-state index contributed by atoms with van der Waals surface area (Å²) in [5, 5.41) is 15.0. The van der Waals surface area contributed by atoms with Gasteiger partial charge in [-0.15, -0.1) is 23.7 Å². The summed E-state index contributed by atoms with van der Waals surface area (Å²) < 4.78 is 0. The van der Waals surface area contributed by atoms with Crippen molar-refractivity contribution in [1.82, 2.24) is 4.90 Å². The number of nitrogens with one attached hydrogen (secondary N) is 1. The number of likely N-dealkylation sites (tertiary alicyclic amines) is 1. The Morgan fingerprint density at radius 1 is 1.32 bits per heavy atom. The fourth-order valence-electron chi connectivity index (χ4n) is 2.58. The summed E-state index contributed by atoms with van der Waals surface area (Å²) in [4.78, 5) is 26.6. The molecule has 0 radical (unpaired) electrons. The predicted molar refractivity (Wildman–Crippen MR) is 101 cm³/mol. The number of nitrogens with zero attached hydrogens (tertiary/aromatic N) is 1. The van der Waals surface area contributed by atoms with E-state index in [1.54, 1.807) is 16.3 Å². The maximum atomic E-state index is 12.6. The van der Waals surface area contributed by atoms with Gasteiger partial charge in [-0.25, -0.2) is 0 Å². The molecule has 0 unspecified atom stereocenters.